The first kappa shape index (κ1) is 22.2. The van der Waals surface area contributed by atoms with E-state index >= 15 is 0 Å². The van der Waals surface area contributed by atoms with E-state index < -0.39 is 0 Å². The van der Waals surface area contributed by atoms with E-state index in [-0.39, 0.29) is 18.4 Å². The molecule has 1 aliphatic heterocycles. The van der Waals surface area contributed by atoms with Crippen LogP contribution in [0, 0.1) is 6.92 Å². The molecule has 1 fully saturated rings. The van der Waals surface area contributed by atoms with Crippen molar-refractivity contribution in [1.82, 2.24) is 30.0 Å². The molecule has 3 aromatic rings. The number of hydrogen-bond acceptors (Lipinski definition) is 6. The molecule has 0 amide bonds. The molecule has 0 saturated carbocycles. The van der Waals surface area contributed by atoms with E-state index in [1.54, 1.807) is 7.11 Å². The quantitative estimate of drug-likeness (QED) is 0.601. The molecule has 1 aromatic heterocycles. The standard InChI is InChI=1S/C22H28N6O.ClH/c1-17-4-8-19(9-5-17)21(27-14-12-26(2)13-15-27)22-23-24-25-28(22)16-18-6-10-20(29-3)11-7-18;/h4-11,21H,12-16H2,1-3H3;1H. The van der Waals surface area contributed by atoms with Crippen LogP contribution in [-0.2, 0) is 6.54 Å². The number of benzene rings is 2. The topological polar surface area (TPSA) is 59.3 Å². The van der Waals surface area contributed by atoms with Crippen LogP contribution in [0.1, 0.15) is 28.6 Å². The molecule has 160 valence electrons. The Balaban J connectivity index is 0.00000256. The van der Waals surface area contributed by atoms with Crippen molar-refractivity contribution in [3.05, 3.63) is 71.0 Å². The van der Waals surface area contributed by atoms with Crippen LogP contribution in [0.25, 0.3) is 0 Å². The maximum atomic E-state index is 5.26. The van der Waals surface area contributed by atoms with E-state index in [4.69, 9.17) is 4.74 Å². The first-order valence-corrected chi connectivity index (χ1v) is 10.0. The zero-order chi connectivity index (χ0) is 20.2. The van der Waals surface area contributed by atoms with E-state index in [0.29, 0.717) is 6.54 Å². The maximum absolute atomic E-state index is 5.26. The zero-order valence-corrected chi connectivity index (χ0v) is 18.5. The summed E-state index contributed by atoms with van der Waals surface area (Å²) in [7, 11) is 3.85. The number of hydrogen-bond donors (Lipinski definition) is 0. The second-order valence-corrected chi connectivity index (χ2v) is 7.70. The van der Waals surface area contributed by atoms with Crippen LogP contribution in [0.2, 0.25) is 0 Å². The monoisotopic (exact) mass is 428 g/mol. The van der Waals surface area contributed by atoms with Gasteiger partial charge in [0.25, 0.3) is 0 Å². The lowest BCUT2D eigenvalue weighted by Crippen LogP contribution is -2.46. The van der Waals surface area contributed by atoms with E-state index in [9.17, 15) is 0 Å². The zero-order valence-electron chi connectivity index (χ0n) is 17.7. The molecule has 2 heterocycles. The number of rotatable bonds is 6. The highest BCUT2D eigenvalue weighted by atomic mass is 35.5. The molecule has 1 atom stereocenters. The predicted molar refractivity (Wildman–Crippen MR) is 119 cm³/mol. The lowest BCUT2D eigenvalue weighted by molar-refractivity contribution is 0.121. The molecule has 0 aliphatic carbocycles. The molecule has 30 heavy (non-hydrogen) atoms. The Labute approximate surface area is 184 Å². The summed E-state index contributed by atoms with van der Waals surface area (Å²) in [6.45, 7) is 6.81. The Morgan fingerprint density at radius 2 is 1.63 bits per heavy atom. The first-order valence-electron chi connectivity index (χ1n) is 10.0. The summed E-state index contributed by atoms with van der Waals surface area (Å²) in [5.74, 6) is 1.73. The van der Waals surface area contributed by atoms with Crippen LogP contribution in [-0.4, -0.2) is 70.3 Å². The van der Waals surface area contributed by atoms with Crippen molar-refractivity contribution in [2.24, 2.45) is 0 Å². The van der Waals surface area contributed by atoms with Crippen molar-refractivity contribution >= 4 is 12.4 Å². The van der Waals surface area contributed by atoms with Crippen molar-refractivity contribution in [2.45, 2.75) is 19.5 Å². The number of tetrazole rings is 1. The van der Waals surface area contributed by atoms with Gasteiger partial charge in [-0.3, -0.25) is 4.90 Å². The Morgan fingerprint density at radius 3 is 2.27 bits per heavy atom. The van der Waals surface area contributed by atoms with Crippen LogP contribution in [0.5, 0.6) is 5.75 Å². The van der Waals surface area contributed by atoms with Gasteiger partial charge in [0.2, 0.25) is 0 Å². The van der Waals surface area contributed by atoms with E-state index in [1.165, 1.54) is 11.1 Å². The summed E-state index contributed by atoms with van der Waals surface area (Å²) in [5.41, 5.74) is 3.62. The highest BCUT2D eigenvalue weighted by Gasteiger charge is 2.29. The number of halogens is 1. The molecule has 0 N–H and O–H groups in total. The van der Waals surface area contributed by atoms with E-state index in [2.05, 4.69) is 75.7 Å². The highest BCUT2D eigenvalue weighted by molar-refractivity contribution is 5.85. The second kappa shape index (κ2) is 10.0. The fraction of sp³-hybridized carbons (Fsp3) is 0.409. The van der Waals surface area contributed by atoms with E-state index in [1.807, 2.05) is 16.8 Å². The van der Waals surface area contributed by atoms with E-state index in [0.717, 1.165) is 43.3 Å². The Bertz CT molecular complexity index is 920. The summed E-state index contributed by atoms with van der Waals surface area (Å²) in [6.07, 6.45) is 0. The van der Waals surface area contributed by atoms with Crippen LogP contribution in [0.3, 0.4) is 0 Å². The number of aromatic nitrogens is 4. The Morgan fingerprint density at radius 1 is 0.967 bits per heavy atom. The van der Waals surface area contributed by atoms with Crippen molar-refractivity contribution < 1.29 is 4.74 Å². The van der Waals surface area contributed by atoms with Crippen molar-refractivity contribution in [3.63, 3.8) is 0 Å². The number of piperazine rings is 1. The first-order chi connectivity index (χ1) is 14.1. The van der Waals surface area contributed by atoms with Crippen LogP contribution < -0.4 is 4.74 Å². The third-order valence-electron chi connectivity index (χ3n) is 5.59. The Kier molecular flexibility index (Phi) is 7.42. The van der Waals surface area contributed by atoms with Gasteiger partial charge >= 0.3 is 0 Å². The predicted octanol–water partition coefficient (Wildman–Crippen LogP) is 2.80. The molecule has 0 spiro atoms. The minimum atomic E-state index is 0. The summed E-state index contributed by atoms with van der Waals surface area (Å²) in [6, 6.07) is 16.8. The van der Waals surface area contributed by atoms with Gasteiger partial charge in [0.05, 0.1) is 19.7 Å². The summed E-state index contributed by atoms with van der Waals surface area (Å²) in [5, 5.41) is 12.8. The van der Waals surface area contributed by atoms with Gasteiger partial charge in [-0.15, -0.1) is 17.5 Å². The fourth-order valence-corrected chi connectivity index (χ4v) is 3.78. The number of likely N-dealkylation sites (N-methyl/N-ethyl adjacent to an activating group) is 1. The van der Waals surface area contributed by atoms with Crippen molar-refractivity contribution in [2.75, 3.05) is 40.3 Å². The Hall–Kier alpha value is -2.48. The summed E-state index contributed by atoms with van der Waals surface area (Å²) < 4.78 is 7.19. The largest absolute Gasteiger partial charge is 0.497 e. The second-order valence-electron chi connectivity index (χ2n) is 7.70. The maximum Gasteiger partial charge on any atom is 0.173 e. The molecule has 1 unspecified atom stereocenters. The molecule has 1 saturated heterocycles. The van der Waals surface area contributed by atoms with Gasteiger partial charge in [-0.1, -0.05) is 42.0 Å². The molecule has 2 aromatic carbocycles. The van der Waals surface area contributed by atoms with Gasteiger partial charge < -0.3 is 9.64 Å². The molecule has 0 bridgehead atoms. The number of aryl methyl sites for hydroxylation is 1. The molecule has 8 heteroatoms. The van der Waals surface area contributed by atoms with Gasteiger partial charge in [-0.25, -0.2) is 4.68 Å². The number of ether oxygens (including phenoxy) is 1. The molecule has 7 nitrogen and oxygen atoms in total. The number of nitrogens with zero attached hydrogens (tertiary/aromatic N) is 6. The van der Waals surface area contributed by atoms with Gasteiger partial charge in [-0.05, 0) is 47.7 Å². The normalized spacial score (nSPS) is 16.1. The lowest BCUT2D eigenvalue weighted by Gasteiger charge is -2.37. The lowest BCUT2D eigenvalue weighted by atomic mass is 10.0. The minimum Gasteiger partial charge on any atom is -0.497 e. The molecule has 4 rings (SSSR count). The van der Waals surface area contributed by atoms with Gasteiger partial charge in [0.1, 0.15) is 5.75 Å². The molecule has 0 radical (unpaired) electrons. The van der Waals surface area contributed by atoms with Crippen LogP contribution in [0.4, 0.5) is 0 Å². The third kappa shape index (κ3) is 4.98. The number of methoxy groups -OCH3 is 1. The van der Waals surface area contributed by atoms with Crippen molar-refractivity contribution in [3.8, 4) is 5.75 Å². The minimum absolute atomic E-state index is 0. The smallest absolute Gasteiger partial charge is 0.173 e. The van der Waals surface area contributed by atoms with Crippen molar-refractivity contribution in [1.29, 1.82) is 0 Å². The third-order valence-corrected chi connectivity index (χ3v) is 5.59. The average Bonchev–Trinajstić information content (AvgIpc) is 3.19. The fourth-order valence-electron chi connectivity index (χ4n) is 3.78. The van der Waals surface area contributed by atoms with Gasteiger partial charge in [-0.2, -0.15) is 0 Å². The SMILES string of the molecule is COc1ccc(Cn2nnnc2C(c2ccc(C)cc2)N2CCN(C)CC2)cc1.Cl. The average molecular weight is 429 g/mol. The highest BCUT2D eigenvalue weighted by Crippen LogP contribution is 2.28. The summed E-state index contributed by atoms with van der Waals surface area (Å²) in [4.78, 5) is 4.85. The van der Waals surface area contributed by atoms with Gasteiger partial charge in [0, 0.05) is 26.2 Å². The van der Waals surface area contributed by atoms with Crippen LogP contribution in [0.15, 0.2) is 48.5 Å². The molecular formula is C22H29ClN6O. The van der Waals surface area contributed by atoms with Crippen LogP contribution >= 0.6 is 12.4 Å². The van der Waals surface area contributed by atoms with Gasteiger partial charge in [0.15, 0.2) is 5.82 Å². The molecule has 1 aliphatic rings. The molecular weight excluding hydrogens is 400 g/mol. The summed E-state index contributed by atoms with van der Waals surface area (Å²) >= 11 is 0.